The van der Waals surface area contributed by atoms with Gasteiger partial charge in [0.1, 0.15) is 5.65 Å². The van der Waals surface area contributed by atoms with Crippen LogP contribution in [0, 0.1) is 11.8 Å². The zero-order valence-corrected chi connectivity index (χ0v) is 17.6. The maximum absolute atomic E-state index is 13.2. The van der Waals surface area contributed by atoms with Gasteiger partial charge >= 0.3 is 0 Å². The number of hydrogen-bond donors (Lipinski definition) is 1. The number of hydrogen-bond acceptors (Lipinski definition) is 4. The molecule has 5 rings (SSSR count). The summed E-state index contributed by atoms with van der Waals surface area (Å²) in [6.07, 6.45) is 9.08. The molecule has 0 amide bonds. The van der Waals surface area contributed by atoms with Gasteiger partial charge in [0.05, 0.1) is 34.6 Å². The highest BCUT2D eigenvalue weighted by molar-refractivity contribution is 5.80. The lowest BCUT2D eigenvalue weighted by atomic mass is 10.1. The molecule has 0 unspecified atom stereocenters. The molecule has 0 radical (unpaired) electrons. The van der Waals surface area contributed by atoms with Crippen molar-refractivity contribution in [3.05, 3.63) is 87.6 Å². The second-order valence-corrected chi connectivity index (χ2v) is 7.92. The largest absolute Gasteiger partial charge is 0.380 e. The number of nitrogens with one attached hydrogen (secondary N) is 1. The van der Waals surface area contributed by atoms with Crippen LogP contribution in [0.2, 0.25) is 0 Å². The summed E-state index contributed by atoms with van der Waals surface area (Å²) in [4.78, 5) is 17.8. The molecule has 0 saturated heterocycles. The van der Waals surface area contributed by atoms with Gasteiger partial charge in [-0.15, -0.1) is 0 Å². The summed E-state index contributed by atoms with van der Waals surface area (Å²) in [5, 5.41) is 8.27. The predicted octanol–water partition coefficient (Wildman–Crippen LogP) is 3.13. The van der Waals surface area contributed by atoms with Crippen LogP contribution in [0.25, 0.3) is 11.0 Å². The first kappa shape index (κ1) is 19.1. The van der Waals surface area contributed by atoms with Crippen molar-refractivity contribution in [2.45, 2.75) is 32.4 Å². The topological polar surface area (TPSA) is 64.7 Å². The lowest BCUT2D eigenvalue weighted by molar-refractivity contribution is 0.767. The van der Waals surface area contributed by atoms with Crippen molar-refractivity contribution in [3.8, 4) is 11.8 Å². The van der Waals surface area contributed by atoms with E-state index in [1.807, 2.05) is 37.0 Å². The van der Waals surface area contributed by atoms with E-state index in [1.54, 1.807) is 17.1 Å². The van der Waals surface area contributed by atoms with Crippen LogP contribution in [0.1, 0.15) is 29.2 Å². The van der Waals surface area contributed by atoms with Crippen LogP contribution < -0.4 is 10.7 Å². The van der Waals surface area contributed by atoms with Gasteiger partial charge in [-0.25, -0.2) is 4.98 Å². The van der Waals surface area contributed by atoms with Gasteiger partial charge in [0.15, 0.2) is 0 Å². The third-order valence-corrected chi connectivity index (χ3v) is 5.72. The molecule has 31 heavy (non-hydrogen) atoms. The van der Waals surface area contributed by atoms with Gasteiger partial charge in [0.25, 0.3) is 0 Å². The van der Waals surface area contributed by atoms with Gasteiger partial charge < -0.3 is 9.88 Å². The van der Waals surface area contributed by atoms with E-state index in [9.17, 15) is 4.79 Å². The molecule has 0 bridgehead atoms. The molecule has 1 aliphatic carbocycles. The minimum atomic E-state index is -0.0954. The molecular formula is C25H23N5O. The molecule has 3 heterocycles. The van der Waals surface area contributed by atoms with Gasteiger partial charge in [-0.1, -0.05) is 36.1 Å². The Morgan fingerprint density at radius 1 is 1.13 bits per heavy atom. The SMILES string of the molecule is CCn1cc(C#Cc2cnn(C)c2)c(=O)c2cc(NC3Cc4ccccc4C3)cnc21. The molecule has 0 fully saturated rings. The van der Waals surface area contributed by atoms with Crippen molar-refractivity contribution in [2.24, 2.45) is 7.05 Å². The van der Waals surface area contributed by atoms with E-state index in [1.165, 1.54) is 11.1 Å². The molecule has 1 N–H and O–H groups in total. The van der Waals surface area contributed by atoms with E-state index in [-0.39, 0.29) is 5.43 Å². The maximum atomic E-state index is 13.2. The van der Waals surface area contributed by atoms with E-state index in [4.69, 9.17) is 0 Å². The van der Waals surface area contributed by atoms with Crippen molar-refractivity contribution in [2.75, 3.05) is 5.32 Å². The molecule has 6 nitrogen and oxygen atoms in total. The highest BCUT2D eigenvalue weighted by Gasteiger charge is 2.21. The second-order valence-electron chi connectivity index (χ2n) is 7.92. The van der Waals surface area contributed by atoms with Crippen LogP contribution in [0.3, 0.4) is 0 Å². The Morgan fingerprint density at radius 3 is 2.58 bits per heavy atom. The summed E-state index contributed by atoms with van der Waals surface area (Å²) in [5.41, 5.74) is 5.46. The van der Waals surface area contributed by atoms with Crippen molar-refractivity contribution in [3.63, 3.8) is 0 Å². The monoisotopic (exact) mass is 409 g/mol. The van der Waals surface area contributed by atoms with Crippen LogP contribution in [-0.4, -0.2) is 25.4 Å². The molecule has 0 atom stereocenters. The van der Waals surface area contributed by atoms with E-state index in [0.717, 1.165) is 24.1 Å². The number of fused-ring (bicyclic) bond motifs is 2. The Morgan fingerprint density at radius 2 is 1.90 bits per heavy atom. The van der Waals surface area contributed by atoms with E-state index in [0.29, 0.717) is 29.2 Å². The molecule has 0 saturated carbocycles. The van der Waals surface area contributed by atoms with Crippen molar-refractivity contribution in [1.29, 1.82) is 0 Å². The van der Waals surface area contributed by atoms with Gasteiger partial charge in [-0.2, -0.15) is 5.10 Å². The van der Waals surface area contributed by atoms with E-state index < -0.39 is 0 Å². The quantitative estimate of drug-likeness (QED) is 0.528. The molecule has 0 spiro atoms. The summed E-state index contributed by atoms with van der Waals surface area (Å²) in [6.45, 7) is 2.74. The number of benzene rings is 1. The fourth-order valence-corrected chi connectivity index (χ4v) is 4.21. The van der Waals surface area contributed by atoms with E-state index >= 15 is 0 Å². The summed E-state index contributed by atoms with van der Waals surface area (Å²) < 4.78 is 3.66. The second kappa shape index (κ2) is 7.77. The minimum absolute atomic E-state index is 0.0954. The Labute approximate surface area is 180 Å². The Bertz CT molecular complexity index is 1380. The molecule has 4 aromatic rings. The smallest absolute Gasteiger partial charge is 0.206 e. The highest BCUT2D eigenvalue weighted by atomic mass is 16.1. The molecule has 1 aromatic carbocycles. The highest BCUT2D eigenvalue weighted by Crippen LogP contribution is 2.25. The molecule has 154 valence electrons. The molecular weight excluding hydrogens is 386 g/mol. The van der Waals surface area contributed by atoms with Crippen LogP contribution in [0.15, 0.2) is 59.9 Å². The number of anilines is 1. The first-order valence-electron chi connectivity index (χ1n) is 10.5. The Hall–Kier alpha value is -3.85. The van der Waals surface area contributed by atoms with Crippen LogP contribution in [0.5, 0.6) is 0 Å². The number of aromatic nitrogens is 4. The molecule has 6 heteroatoms. The summed E-state index contributed by atoms with van der Waals surface area (Å²) in [7, 11) is 1.84. The third kappa shape index (κ3) is 3.71. The number of rotatable bonds is 3. The van der Waals surface area contributed by atoms with Crippen LogP contribution >= 0.6 is 0 Å². The van der Waals surface area contributed by atoms with Gasteiger partial charge in [-0.05, 0) is 37.0 Å². The minimum Gasteiger partial charge on any atom is -0.380 e. The first-order valence-corrected chi connectivity index (χ1v) is 10.5. The van der Waals surface area contributed by atoms with Crippen molar-refractivity contribution < 1.29 is 0 Å². The van der Waals surface area contributed by atoms with Crippen LogP contribution in [-0.2, 0) is 26.4 Å². The Kier molecular flexibility index (Phi) is 4.79. The standard InChI is InChI=1S/C25H23N5O/c1-3-30-16-20(9-8-17-13-27-29(2)15-17)24(31)23-12-22(14-26-25(23)30)28-21-10-18-6-4-5-7-19(18)11-21/h4-7,12-16,21,28H,3,10-11H2,1-2H3. The zero-order chi connectivity index (χ0) is 21.4. The number of aryl methyl sites for hydroxylation is 2. The predicted molar refractivity (Wildman–Crippen MR) is 122 cm³/mol. The summed E-state index contributed by atoms with van der Waals surface area (Å²) in [5.74, 6) is 6.07. The first-order chi connectivity index (χ1) is 15.1. The van der Waals surface area contributed by atoms with Crippen molar-refractivity contribution >= 4 is 16.7 Å². The number of nitrogens with zero attached hydrogens (tertiary/aromatic N) is 4. The van der Waals surface area contributed by atoms with Gasteiger partial charge in [-0.3, -0.25) is 9.48 Å². The Balaban J connectivity index is 1.49. The van der Waals surface area contributed by atoms with Gasteiger partial charge in [0.2, 0.25) is 5.43 Å². The third-order valence-electron chi connectivity index (χ3n) is 5.72. The fourth-order valence-electron chi connectivity index (χ4n) is 4.21. The lowest BCUT2D eigenvalue weighted by Gasteiger charge is -2.15. The average Bonchev–Trinajstić information content (AvgIpc) is 3.38. The maximum Gasteiger partial charge on any atom is 0.206 e. The average molecular weight is 409 g/mol. The van der Waals surface area contributed by atoms with E-state index in [2.05, 4.69) is 51.5 Å². The normalized spacial score (nSPS) is 13.1. The van der Waals surface area contributed by atoms with Crippen molar-refractivity contribution in [1.82, 2.24) is 19.3 Å². The zero-order valence-electron chi connectivity index (χ0n) is 17.6. The summed E-state index contributed by atoms with van der Waals surface area (Å²) >= 11 is 0. The fraction of sp³-hybridized carbons (Fsp3) is 0.240. The molecule has 1 aliphatic rings. The lowest BCUT2D eigenvalue weighted by Crippen LogP contribution is -2.20. The summed E-state index contributed by atoms with van der Waals surface area (Å²) in [6, 6.07) is 10.7. The molecule has 0 aliphatic heterocycles. The van der Waals surface area contributed by atoms with Gasteiger partial charge in [0, 0.05) is 32.0 Å². The number of pyridine rings is 2. The molecule has 3 aromatic heterocycles. The van der Waals surface area contributed by atoms with Crippen LogP contribution in [0.4, 0.5) is 5.69 Å².